The van der Waals surface area contributed by atoms with Gasteiger partial charge in [0.05, 0.1) is 6.54 Å². The minimum absolute atomic E-state index is 0.218. The third kappa shape index (κ3) is 5.78. The Kier molecular flexibility index (Phi) is 7.12. The molecule has 1 amide bonds. The first kappa shape index (κ1) is 24.1. The number of rotatable bonds is 9. The Morgan fingerprint density at radius 1 is 0.973 bits per heavy atom. The van der Waals surface area contributed by atoms with Crippen molar-refractivity contribution in [1.82, 2.24) is 35.3 Å². The van der Waals surface area contributed by atoms with E-state index in [-0.39, 0.29) is 11.7 Å². The SMILES string of the molecule is Cc1nnnn1C(Cc1ccc(F)cc1)C(=O)NCc1ccccc1-c1ccc(Cn2cccn2)cc1. The van der Waals surface area contributed by atoms with Crippen LogP contribution in [0.4, 0.5) is 4.39 Å². The van der Waals surface area contributed by atoms with E-state index in [1.807, 2.05) is 41.2 Å². The predicted octanol–water partition coefficient (Wildman–Crippen LogP) is 4.13. The Balaban J connectivity index is 1.32. The minimum Gasteiger partial charge on any atom is -0.350 e. The number of carbonyl (C=O) groups excluding carboxylic acids is 1. The van der Waals surface area contributed by atoms with E-state index < -0.39 is 6.04 Å². The highest BCUT2D eigenvalue weighted by atomic mass is 19.1. The van der Waals surface area contributed by atoms with E-state index in [9.17, 15) is 9.18 Å². The molecule has 0 aliphatic rings. The van der Waals surface area contributed by atoms with E-state index in [1.54, 1.807) is 25.3 Å². The number of benzene rings is 3. The van der Waals surface area contributed by atoms with Crippen LogP contribution in [0.15, 0.2) is 91.3 Å². The Bertz CT molecular complexity index is 1460. The first-order valence-corrected chi connectivity index (χ1v) is 12.0. The third-order valence-corrected chi connectivity index (χ3v) is 6.24. The molecule has 8 nitrogen and oxygen atoms in total. The van der Waals surface area contributed by atoms with Crippen molar-refractivity contribution in [3.63, 3.8) is 0 Å². The highest BCUT2D eigenvalue weighted by Gasteiger charge is 2.24. The summed E-state index contributed by atoms with van der Waals surface area (Å²) < 4.78 is 16.8. The number of hydrogen-bond acceptors (Lipinski definition) is 5. The molecule has 37 heavy (non-hydrogen) atoms. The van der Waals surface area contributed by atoms with E-state index in [4.69, 9.17) is 0 Å². The van der Waals surface area contributed by atoms with Gasteiger partial charge in [-0.1, -0.05) is 60.7 Å². The second-order valence-corrected chi connectivity index (χ2v) is 8.79. The average molecular weight is 496 g/mol. The number of carbonyl (C=O) groups is 1. The van der Waals surface area contributed by atoms with Gasteiger partial charge in [0.25, 0.3) is 0 Å². The predicted molar refractivity (Wildman–Crippen MR) is 137 cm³/mol. The second-order valence-electron chi connectivity index (χ2n) is 8.79. The van der Waals surface area contributed by atoms with Crippen LogP contribution in [0.3, 0.4) is 0 Å². The Labute approximate surface area is 213 Å². The van der Waals surface area contributed by atoms with E-state index >= 15 is 0 Å². The topological polar surface area (TPSA) is 90.5 Å². The van der Waals surface area contributed by atoms with Crippen molar-refractivity contribution in [3.8, 4) is 11.1 Å². The van der Waals surface area contributed by atoms with Crippen molar-refractivity contribution in [2.75, 3.05) is 0 Å². The zero-order chi connectivity index (χ0) is 25.6. The maximum absolute atomic E-state index is 13.4. The monoisotopic (exact) mass is 495 g/mol. The van der Waals surface area contributed by atoms with E-state index in [0.717, 1.165) is 27.8 Å². The zero-order valence-electron chi connectivity index (χ0n) is 20.3. The van der Waals surface area contributed by atoms with Gasteiger partial charge in [0.1, 0.15) is 17.7 Å². The zero-order valence-corrected chi connectivity index (χ0v) is 20.3. The van der Waals surface area contributed by atoms with Crippen molar-refractivity contribution in [3.05, 3.63) is 120 Å². The van der Waals surface area contributed by atoms with Crippen molar-refractivity contribution in [2.45, 2.75) is 32.5 Å². The average Bonchev–Trinajstić information content (AvgIpc) is 3.59. The van der Waals surface area contributed by atoms with Crippen LogP contribution in [0.5, 0.6) is 0 Å². The lowest BCUT2D eigenvalue weighted by atomic mass is 9.98. The normalized spacial score (nSPS) is 11.8. The molecule has 0 aliphatic carbocycles. The van der Waals surface area contributed by atoms with Crippen LogP contribution in [-0.2, 0) is 24.3 Å². The number of halogens is 1. The molecule has 0 spiro atoms. The molecule has 0 saturated heterocycles. The van der Waals surface area contributed by atoms with Gasteiger partial charge >= 0.3 is 0 Å². The van der Waals surface area contributed by atoms with Gasteiger partial charge in [0.2, 0.25) is 5.91 Å². The van der Waals surface area contributed by atoms with Crippen molar-refractivity contribution < 1.29 is 9.18 Å². The summed E-state index contributed by atoms with van der Waals surface area (Å²) >= 11 is 0. The number of nitrogens with zero attached hydrogens (tertiary/aromatic N) is 6. The fourth-order valence-electron chi connectivity index (χ4n) is 4.29. The maximum Gasteiger partial charge on any atom is 0.245 e. The molecule has 0 radical (unpaired) electrons. The van der Waals surface area contributed by atoms with Gasteiger partial charge in [-0.15, -0.1) is 5.10 Å². The summed E-state index contributed by atoms with van der Waals surface area (Å²) in [4.78, 5) is 13.4. The molecule has 0 saturated carbocycles. The van der Waals surface area contributed by atoms with Crippen LogP contribution in [0.1, 0.15) is 28.6 Å². The quantitative estimate of drug-likeness (QED) is 0.332. The van der Waals surface area contributed by atoms with Crippen LogP contribution in [0, 0.1) is 12.7 Å². The summed E-state index contributed by atoms with van der Waals surface area (Å²) in [5.74, 6) is -0.0173. The molecule has 5 rings (SSSR count). The Morgan fingerprint density at radius 3 is 2.43 bits per heavy atom. The Morgan fingerprint density at radius 2 is 1.73 bits per heavy atom. The highest BCUT2D eigenvalue weighted by Crippen LogP contribution is 2.25. The number of amides is 1. The molecule has 1 N–H and O–H groups in total. The molecular weight excluding hydrogens is 469 g/mol. The summed E-state index contributed by atoms with van der Waals surface area (Å²) in [6.45, 7) is 2.79. The largest absolute Gasteiger partial charge is 0.350 e. The summed E-state index contributed by atoms with van der Waals surface area (Å²) in [5.41, 5.74) is 5.06. The fourth-order valence-corrected chi connectivity index (χ4v) is 4.29. The molecule has 0 bridgehead atoms. The number of tetrazole rings is 1. The smallest absolute Gasteiger partial charge is 0.245 e. The third-order valence-electron chi connectivity index (χ3n) is 6.24. The molecule has 9 heteroatoms. The summed E-state index contributed by atoms with van der Waals surface area (Å²) in [7, 11) is 0. The highest BCUT2D eigenvalue weighted by molar-refractivity contribution is 5.81. The van der Waals surface area contributed by atoms with E-state index in [2.05, 4.69) is 50.2 Å². The molecule has 186 valence electrons. The molecule has 1 atom stereocenters. The van der Waals surface area contributed by atoms with Crippen molar-refractivity contribution >= 4 is 5.91 Å². The van der Waals surface area contributed by atoms with Crippen molar-refractivity contribution in [2.24, 2.45) is 0 Å². The lowest BCUT2D eigenvalue weighted by molar-refractivity contribution is -0.124. The molecule has 1 unspecified atom stereocenters. The molecule has 0 aliphatic heterocycles. The van der Waals surface area contributed by atoms with Crippen LogP contribution >= 0.6 is 0 Å². The summed E-state index contributed by atoms with van der Waals surface area (Å²) in [6.07, 6.45) is 4.04. The van der Waals surface area contributed by atoms with Crippen LogP contribution < -0.4 is 5.32 Å². The van der Waals surface area contributed by atoms with Gasteiger partial charge in [-0.3, -0.25) is 9.48 Å². The maximum atomic E-state index is 13.4. The standard InChI is InChI=1S/C28H26FN7O/c1-20-32-33-34-36(20)27(17-21-9-13-25(29)14-10-21)28(37)30-18-24-5-2-3-6-26(24)23-11-7-22(8-12-23)19-35-16-4-15-31-35/h2-16,27H,17-19H2,1H3,(H,30,37). The number of hydrogen-bond donors (Lipinski definition) is 1. The molecular formula is C28H26FN7O. The van der Waals surface area contributed by atoms with E-state index in [0.29, 0.717) is 25.3 Å². The van der Waals surface area contributed by atoms with Gasteiger partial charge in [-0.25, -0.2) is 9.07 Å². The van der Waals surface area contributed by atoms with E-state index in [1.165, 1.54) is 16.8 Å². The summed E-state index contributed by atoms with van der Waals surface area (Å²) in [6, 6.07) is 23.7. The van der Waals surface area contributed by atoms with Gasteiger partial charge in [0.15, 0.2) is 0 Å². The number of aromatic nitrogens is 6. The van der Waals surface area contributed by atoms with Crippen LogP contribution in [0.2, 0.25) is 0 Å². The second kappa shape index (κ2) is 10.9. The molecule has 2 aromatic heterocycles. The van der Waals surface area contributed by atoms with Gasteiger partial charge in [-0.2, -0.15) is 5.10 Å². The first-order valence-electron chi connectivity index (χ1n) is 12.0. The molecule has 0 fully saturated rings. The fraction of sp³-hybridized carbons (Fsp3) is 0.179. The number of nitrogens with one attached hydrogen (secondary N) is 1. The van der Waals surface area contributed by atoms with Gasteiger partial charge in [-0.05, 0) is 63.4 Å². The Hall–Kier alpha value is -4.66. The molecule has 2 heterocycles. The number of aryl methyl sites for hydroxylation is 1. The first-order chi connectivity index (χ1) is 18.1. The lowest BCUT2D eigenvalue weighted by Gasteiger charge is -2.18. The van der Waals surface area contributed by atoms with Crippen LogP contribution in [-0.4, -0.2) is 35.9 Å². The van der Waals surface area contributed by atoms with Crippen molar-refractivity contribution in [1.29, 1.82) is 0 Å². The molecule has 3 aromatic carbocycles. The molecule has 5 aromatic rings. The minimum atomic E-state index is -0.672. The lowest BCUT2D eigenvalue weighted by Crippen LogP contribution is -2.34. The summed E-state index contributed by atoms with van der Waals surface area (Å²) in [5, 5.41) is 19.0. The van der Waals surface area contributed by atoms with Gasteiger partial charge in [0, 0.05) is 25.4 Å². The van der Waals surface area contributed by atoms with Gasteiger partial charge < -0.3 is 5.32 Å². The van der Waals surface area contributed by atoms with Crippen LogP contribution in [0.25, 0.3) is 11.1 Å².